The van der Waals surface area contributed by atoms with Gasteiger partial charge in [0, 0.05) is 18.5 Å². The van der Waals surface area contributed by atoms with Crippen LogP contribution >= 0.6 is 0 Å². The predicted octanol–water partition coefficient (Wildman–Crippen LogP) is 2.80. The maximum absolute atomic E-state index is 6.28. The summed E-state index contributed by atoms with van der Waals surface area (Å²) in [6.45, 7) is 8.62. The molecule has 1 aliphatic rings. The number of methoxy groups -OCH3 is 1. The van der Waals surface area contributed by atoms with Crippen molar-refractivity contribution in [2.24, 2.45) is 11.8 Å². The Morgan fingerprint density at radius 1 is 1.40 bits per heavy atom. The molecule has 4 nitrogen and oxygen atoms in total. The number of hydrogen-bond acceptors (Lipinski definition) is 4. The molecular weight excluding hydrogens is 252 g/mol. The van der Waals surface area contributed by atoms with Crippen LogP contribution in [0.2, 0.25) is 0 Å². The largest absolute Gasteiger partial charge is 0.488 e. The third kappa shape index (κ3) is 3.85. The molecule has 0 bridgehead atoms. The highest BCUT2D eigenvalue weighted by Gasteiger charge is 2.27. The minimum absolute atomic E-state index is 0.263. The smallest absolute Gasteiger partial charge is 0.213 e. The number of nitrogens with one attached hydrogen (secondary N) is 1. The highest BCUT2D eigenvalue weighted by molar-refractivity contribution is 5.30. The van der Waals surface area contributed by atoms with Crippen molar-refractivity contribution in [1.82, 2.24) is 10.3 Å². The number of ether oxygens (including phenoxy) is 2. The molecule has 1 N–H and O–H groups in total. The molecule has 1 aromatic heterocycles. The predicted molar refractivity (Wildman–Crippen MR) is 80.4 cm³/mol. The van der Waals surface area contributed by atoms with Gasteiger partial charge in [-0.2, -0.15) is 0 Å². The molecular formula is C16H26N2O2. The molecule has 20 heavy (non-hydrogen) atoms. The van der Waals surface area contributed by atoms with Crippen LogP contribution in [0.4, 0.5) is 0 Å². The van der Waals surface area contributed by atoms with Crippen LogP contribution in [0.3, 0.4) is 0 Å². The van der Waals surface area contributed by atoms with Crippen LogP contribution in [-0.2, 0) is 0 Å². The van der Waals surface area contributed by atoms with Gasteiger partial charge in [0.05, 0.1) is 12.8 Å². The van der Waals surface area contributed by atoms with E-state index in [0.717, 1.165) is 31.0 Å². The number of aromatic nitrogens is 1. The molecule has 1 saturated heterocycles. The monoisotopic (exact) mass is 278 g/mol. The van der Waals surface area contributed by atoms with Crippen molar-refractivity contribution >= 4 is 0 Å². The Morgan fingerprint density at radius 3 is 2.75 bits per heavy atom. The Balaban J connectivity index is 2.10. The van der Waals surface area contributed by atoms with E-state index in [9.17, 15) is 0 Å². The van der Waals surface area contributed by atoms with Gasteiger partial charge in [-0.05, 0) is 38.3 Å². The second-order valence-electron chi connectivity index (χ2n) is 5.98. The molecule has 0 spiro atoms. The molecule has 1 aliphatic heterocycles. The summed E-state index contributed by atoms with van der Waals surface area (Å²) in [5.74, 6) is 2.74. The van der Waals surface area contributed by atoms with Gasteiger partial charge >= 0.3 is 0 Å². The van der Waals surface area contributed by atoms with E-state index in [1.54, 1.807) is 7.11 Å². The average Bonchev–Trinajstić information content (AvgIpc) is 2.93. The molecule has 4 heteroatoms. The van der Waals surface area contributed by atoms with Crippen molar-refractivity contribution in [3.8, 4) is 11.6 Å². The number of hydrogen-bond donors (Lipinski definition) is 1. The second-order valence-corrected chi connectivity index (χ2v) is 5.98. The molecule has 0 radical (unpaired) electrons. The van der Waals surface area contributed by atoms with E-state index in [4.69, 9.17) is 9.47 Å². The molecule has 2 heterocycles. The number of pyridine rings is 1. The van der Waals surface area contributed by atoms with Crippen molar-refractivity contribution < 1.29 is 9.47 Å². The molecule has 1 aromatic rings. The highest BCUT2D eigenvalue weighted by Crippen LogP contribution is 2.27. The molecule has 112 valence electrons. The van der Waals surface area contributed by atoms with E-state index < -0.39 is 0 Å². The van der Waals surface area contributed by atoms with Gasteiger partial charge in [-0.25, -0.2) is 4.98 Å². The van der Waals surface area contributed by atoms with Gasteiger partial charge in [-0.15, -0.1) is 0 Å². The summed E-state index contributed by atoms with van der Waals surface area (Å²) < 4.78 is 11.4. The van der Waals surface area contributed by atoms with Crippen LogP contribution in [0.1, 0.15) is 32.4 Å². The van der Waals surface area contributed by atoms with Crippen LogP contribution in [0, 0.1) is 18.8 Å². The van der Waals surface area contributed by atoms with Crippen molar-refractivity contribution in [2.45, 2.75) is 39.7 Å². The minimum Gasteiger partial charge on any atom is -0.488 e. The average molecular weight is 278 g/mol. The summed E-state index contributed by atoms with van der Waals surface area (Å²) in [4.78, 5) is 4.39. The first-order chi connectivity index (χ1) is 9.60. The summed E-state index contributed by atoms with van der Waals surface area (Å²) in [5, 5.41) is 3.43. The third-order valence-electron chi connectivity index (χ3n) is 3.83. The van der Waals surface area contributed by atoms with Crippen LogP contribution in [0.15, 0.2) is 12.1 Å². The Morgan fingerprint density at radius 2 is 2.20 bits per heavy atom. The van der Waals surface area contributed by atoms with Gasteiger partial charge in [-0.3, -0.25) is 0 Å². The van der Waals surface area contributed by atoms with E-state index >= 15 is 0 Å². The van der Waals surface area contributed by atoms with Crippen molar-refractivity contribution in [3.05, 3.63) is 17.8 Å². The zero-order valence-electron chi connectivity index (χ0n) is 13.0. The first-order valence-corrected chi connectivity index (χ1v) is 7.49. The standard InChI is InChI=1S/C16H26N2O2/c1-11(2)9-15(13-7-8-17-10-13)20-14-5-6-16(19-4)18-12(14)3/h5-6,11,13,15,17H,7-10H2,1-4H3/t13-,15-/m1/s1. The van der Waals surface area contributed by atoms with E-state index in [2.05, 4.69) is 24.1 Å². The summed E-state index contributed by atoms with van der Waals surface area (Å²) in [5.41, 5.74) is 0.893. The molecule has 2 atom stereocenters. The van der Waals surface area contributed by atoms with Gasteiger partial charge in [0.25, 0.3) is 0 Å². The number of aryl methyl sites for hydroxylation is 1. The summed E-state index contributed by atoms with van der Waals surface area (Å²) in [6, 6.07) is 3.83. The summed E-state index contributed by atoms with van der Waals surface area (Å²) >= 11 is 0. The lowest BCUT2D eigenvalue weighted by Gasteiger charge is -2.26. The fourth-order valence-electron chi connectivity index (χ4n) is 2.72. The van der Waals surface area contributed by atoms with E-state index in [-0.39, 0.29) is 6.10 Å². The topological polar surface area (TPSA) is 43.4 Å². The van der Waals surface area contributed by atoms with Crippen molar-refractivity contribution in [3.63, 3.8) is 0 Å². The molecule has 0 saturated carbocycles. The molecule has 2 rings (SSSR count). The Hall–Kier alpha value is -1.29. The highest BCUT2D eigenvalue weighted by atomic mass is 16.5. The third-order valence-corrected chi connectivity index (χ3v) is 3.83. The minimum atomic E-state index is 0.263. The first kappa shape index (κ1) is 15.1. The Kier molecular flexibility index (Phi) is 5.24. The fourth-order valence-corrected chi connectivity index (χ4v) is 2.72. The SMILES string of the molecule is COc1ccc(O[C@H](CC(C)C)[C@@H]2CCNC2)c(C)n1. The van der Waals surface area contributed by atoms with Crippen LogP contribution in [0.25, 0.3) is 0 Å². The van der Waals surface area contributed by atoms with Crippen LogP contribution in [0.5, 0.6) is 11.6 Å². The maximum Gasteiger partial charge on any atom is 0.213 e. The van der Waals surface area contributed by atoms with E-state index in [1.807, 2.05) is 19.1 Å². The lowest BCUT2D eigenvalue weighted by atomic mass is 9.93. The summed E-state index contributed by atoms with van der Waals surface area (Å²) in [7, 11) is 1.63. The van der Waals surface area contributed by atoms with Gasteiger partial charge in [-0.1, -0.05) is 13.8 Å². The Bertz CT molecular complexity index is 428. The maximum atomic E-state index is 6.28. The van der Waals surface area contributed by atoms with Gasteiger partial charge in [0.1, 0.15) is 11.9 Å². The van der Waals surface area contributed by atoms with Gasteiger partial charge in [0.15, 0.2) is 0 Å². The molecule has 1 fully saturated rings. The first-order valence-electron chi connectivity index (χ1n) is 7.49. The van der Waals surface area contributed by atoms with Gasteiger partial charge < -0.3 is 14.8 Å². The van der Waals surface area contributed by atoms with Gasteiger partial charge in [0.2, 0.25) is 5.88 Å². The zero-order chi connectivity index (χ0) is 14.5. The lowest BCUT2D eigenvalue weighted by Crippen LogP contribution is -2.30. The quantitative estimate of drug-likeness (QED) is 0.869. The fraction of sp³-hybridized carbons (Fsp3) is 0.688. The van der Waals surface area contributed by atoms with Crippen molar-refractivity contribution in [2.75, 3.05) is 20.2 Å². The Labute approximate surface area is 121 Å². The van der Waals surface area contributed by atoms with Crippen LogP contribution < -0.4 is 14.8 Å². The number of rotatable bonds is 6. The lowest BCUT2D eigenvalue weighted by molar-refractivity contribution is 0.118. The normalized spacial score (nSPS) is 20.1. The second kappa shape index (κ2) is 6.93. The number of nitrogens with zero attached hydrogens (tertiary/aromatic N) is 1. The van der Waals surface area contributed by atoms with E-state index in [0.29, 0.717) is 17.7 Å². The molecule has 0 aromatic carbocycles. The van der Waals surface area contributed by atoms with E-state index in [1.165, 1.54) is 6.42 Å². The molecule has 0 unspecified atom stereocenters. The summed E-state index contributed by atoms with van der Waals surface area (Å²) in [6.07, 6.45) is 2.54. The van der Waals surface area contributed by atoms with Crippen LogP contribution in [-0.4, -0.2) is 31.3 Å². The molecule has 0 aliphatic carbocycles. The molecule has 0 amide bonds. The zero-order valence-corrected chi connectivity index (χ0v) is 13.0. The van der Waals surface area contributed by atoms with Crippen molar-refractivity contribution in [1.29, 1.82) is 0 Å².